The van der Waals surface area contributed by atoms with E-state index in [1.165, 1.54) is 0 Å². The Kier molecular flexibility index (Phi) is 4.52. The van der Waals surface area contributed by atoms with E-state index in [4.69, 9.17) is 15.6 Å². The van der Waals surface area contributed by atoms with Crippen LogP contribution in [-0.4, -0.2) is 22.2 Å². The van der Waals surface area contributed by atoms with Gasteiger partial charge in [-0.15, -0.1) is 0 Å². The van der Waals surface area contributed by atoms with Gasteiger partial charge in [0.25, 0.3) is 0 Å². The molecule has 7 nitrogen and oxygen atoms in total. The Bertz CT molecular complexity index is 1300. The van der Waals surface area contributed by atoms with E-state index < -0.39 is 5.41 Å². The second-order valence-electron chi connectivity index (χ2n) is 8.04. The Balaban J connectivity index is 1.85. The molecule has 160 valence electrons. The average molecular weight is 425 g/mol. The number of carbonyl (C=O) groups excluding carboxylic acids is 1. The van der Waals surface area contributed by atoms with Crippen LogP contribution in [0.15, 0.2) is 66.1 Å². The quantitative estimate of drug-likeness (QED) is 0.687. The van der Waals surface area contributed by atoms with Crippen LogP contribution in [0.3, 0.4) is 0 Å². The first-order valence-corrected chi connectivity index (χ1v) is 10.7. The van der Waals surface area contributed by atoms with Crippen LogP contribution < -0.4 is 15.4 Å². The van der Waals surface area contributed by atoms with Gasteiger partial charge in [0.2, 0.25) is 17.7 Å². The third-order valence-electron chi connectivity index (χ3n) is 6.23. The second-order valence-corrected chi connectivity index (χ2v) is 8.04. The molecule has 32 heavy (non-hydrogen) atoms. The largest absolute Gasteiger partial charge is 0.422 e. The molecule has 1 unspecified atom stereocenters. The van der Waals surface area contributed by atoms with Crippen molar-refractivity contribution in [2.45, 2.75) is 32.1 Å². The number of nitrogens with two attached hydrogens (primary N) is 1. The van der Waals surface area contributed by atoms with E-state index in [-0.39, 0.29) is 17.4 Å². The van der Waals surface area contributed by atoms with Crippen molar-refractivity contribution in [3.8, 4) is 17.6 Å². The van der Waals surface area contributed by atoms with Gasteiger partial charge in [-0.05, 0) is 31.5 Å². The number of benzene rings is 2. The maximum absolute atomic E-state index is 14.2. The number of para-hydroxylation sites is 2. The zero-order chi connectivity index (χ0) is 22.5. The molecule has 3 heterocycles. The van der Waals surface area contributed by atoms with Gasteiger partial charge in [0.05, 0.1) is 16.9 Å². The molecular formula is C25H23N5O2. The van der Waals surface area contributed by atoms with Crippen molar-refractivity contribution in [2.75, 3.05) is 11.4 Å². The van der Waals surface area contributed by atoms with E-state index in [0.717, 1.165) is 29.8 Å². The highest BCUT2D eigenvalue weighted by Crippen LogP contribution is 2.56. The summed E-state index contributed by atoms with van der Waals surface area (Å²) in [5.41, 5.74) is 8.53. The maximum Gasteiger partial charge on any atom is 0.247 e. The Labute approximate surface area is 186 Å². The molecule has 2 aliphatic heterocycles. The summed E-state index contributed by atoms with van der Waals surface area (Å²) in [5.74, 6) is 0.107. The second kappa shape index (κ2) is 7.27. The number of anilines is 1. The first-order chi connectivity index (χ1) is 15.6. The molecule has 0 radical (unpaired) electrons. The van der Waals surface area contributed by atoms with Crippen LogP contribution in [0.2, 0.25) is 0 Å². The molecule has 3 aromatic rings. The van der Waals surface area contributed by atoms with Gasteiger partial charge in [-0.1, -0.05) is 49.7 Å². The van der Waals surface area contributed by atoms with Gasteiger partial charge in [-0.3, -0.25) is 4.79 Å². The van der Waals surface area contributed by atoms with Crippen molar-refractivity contribution < 1.29 is 9.53 Å². The van der Waals surface area contributed by atoms with Crippen molar-refractivity contribution in [2.24, 2.45) is 5.73 Å². The minimum absolute atomic E-state index is 0.0717. The summed E-state index contributed by atoms with van der Waals surface area (Å²) >= 11 is 0. The summed E-state index contributed by atoms with van der Waals surface area (Å²) in [6.45, 7) is 4.49. The molecule has 0 saturated carbocycles. The molecule has 0 bridgehead atoms. The molecule has 1 spiro atoms. The lowest BCUT2D eigenvalue weighted by Crippen LogP contribution is -2.46. The summed E-state index contributed by atoms with van der Waals surface area (Å²) in [6, 6.07) is 19.3. The van der Waals surface area contributed by atoms with Crippen LogP contribution >= 0.6 is 0 Å². The van der Waals surface area contributed by atoms with Gasteiger partial charge in [-0.2, -0.15) is 10.4 Å². The van der Waals surface area contributed by atoms with Gasteiger partial charge < -0.3 is 15.4 Å². The number of hydrogen-bond acceptors (Lipinski definition) is 5. The highest BCUT2D eigenvalue weighted by Gasteiger charge is 2.60. The number of fused-ring (bicyclic) bond motifs is 4. The predicted octanol–water partition coefficient (Wildman–Crippen LogP) is 3.70. The van der Waals surface area contributed by atoms with Crippen LogP contribution in [0.5, 0.6) is 5.88 Å². The van der Waals surface area contributed by atoms with Crippen molar-refractivity contribution >= 4 is 11.6 Å². The number of nitriles is 1. The van der Waals surface area contributed by atoms with Crippen molar-refractivity contribution in [1.82, 2.24) is 9.78 Å². The minimum Gasteiger partial charge on any atom is -0.422 e. The first kappa shape index (κ1) is 19.9. The number of carbonyl (C=O) groups is 1. The van der Waals surface area contributed by atoms with Gasteiger partial charge in [-0.25, -0.2) is 4.68 Å². The van der Waals surface area contributed by atoms with Gasteiger partial charge >= 0.3 is 0 Å². The number of amides is 1. The molecule has 1 aromatic heterocycles. The Morgan fingerprint density at radius 2 is 1.88 bits per heavy atom. The first-order valence-electron chi connectivity index (χ1n) is 10.7. The maximum atomic E-state index is 14.2. The number of rotatable bonds is 4. The highest BCUT2D eigenvalue weighted by molar-refractivity contribution is 6.14. The topological polar surface area (TPSA) is 97.2 Å². The molecule has 2 aliphatic rings. The van der Waals surface area contributed by atoms with Crippen LogP contribution in [0.1, 0.15) is 36.6 Å². The van der Waals surface area contributed by atoms with E-state index in [1.807, 2.05) is 61.5 Å². The molecule has 0 aliphatic carbocycles. The molecule has 0 saturated heterocycles. The van der Waals surface area contributed by atoms with Gasteiger partial charge in [0, 0.05) is 17.8 Å². The number of aromatic nitrogens is 2. The third kappa shape index (κ3) is 2.47. The van der Waals surface area contributed by atoms with E-state index in [2.05, 4.69) is 13.0 Å². The summed E-state index contributed by atoms with van der Waals surface area (Å²) in [7, 11) is 0. The number of hydrogen-bond donors (Lipinski definition) is 1. The molecule has 2 aromatic carbocycles. The van der Waals surface area contributed by atoms with Crippen LogP contribution in [0, 0.1) is 18.3 Å². The highest BCUT2D eigenvalue weighted by atomic mass is 16.5. The molecule has 1 amide bonds. The zero-order valence-corrected chi connectivity index (χ0v) is 18.0. The van der Waals surface area contributed by atoms with Crippen molar-refractivity contribution in [3.63, 3.8) is 0 Å². The average Bonchev–Trinajstić information content (AvgIpc) is 3.26. The summed E-state index contributed by atoms with van der Waals surface area (Å²) in [5, 5.41) is 14.9. The lowest BCUT2D eigenvalue weighted by molar-refractivity contribution is -0.121. The molecule has 1 atom stereocenters. The number of unbranched alkanes of at least 4 members (excludes halogenated alkanes) is 1. The smallest absolute Gasteiger partial charge is 0.247 e. The number of aryl methyl sites for hydroxylation is 1. The normalized spacial score (nSPS) is 19.0. The number of nitrogens with zero attached hydrogens (tertiary/aromatic N) is 4. The summed E-state index contributed by atoms with van der Waals surface area (Å²) in [4.78, 5) is 16.0. The van der Waals surface area contributed by atoms with Crippen molar-refractivity contribution in [3.05, 3.63) is 82.9 Å². The van der Waals surface area contributed by atoms with Crippen LogP contribution in [-0.2, 0) is 10.2 Å². The number of ether oxygens (including phenoxy) is 1. The molecule has 2 N–H and O–H groups in total. The molecular weight excluding hydrogens is 402 g/mol. The van der Waals surface area contributed by atoms with Crippen molar-refractivity contribution in [1.29, 1.82) is 5.26 Å². The van der Waals surface area contributed by atoms with Gasteiger partial charge in [0.1, 0.15) is 17.1 Å². The molecule has 7 heteroatoms. The fourth-order valence-corrected chi connectivity index (χ4v) is 4.85. The fraction of sp³-hybridized carbons (Fsp3) is 0.240. The van der Waals surface area contributed by atoms with E-state index in [9.17, 15) is 10.1 Å². The van der Waals surface area contributed by atoms with E-state index >= 15 is 0 Å². The van der Waals surface area contributed by atoms with E-state index in [1.54, 1.807) is 9.58 Å². The Hall–Kier alpha value is -4.05. The minimum atomic E-state index is -1.38. The lowest BCUT2D eigenvalue weighted by Gasteiger charge is -2.33. The SMILES string of the molecule is CCCCN1C(=O)C2(C(C#N)=C(N)Oc3c2c(C)nn3-c2ccccc2)c2ccccc21. The molecule has 5 rings (SSSR count). The van der Waals surface area contributed by atoms with Crippen LogP contribution in [0.4, 0.5) is 5.69 Å². The summed E-state index contributed by atoms with van der Waals surface area (Å²) in [6.07, 6.45) is 1.80. The Morgan fingerprint density at radius 1 is 1.16 bits per heavy atom. The standard InChI is InChI=1S/C25H23N5O2/c1-3-4-14-29-20-13-9-8-12-18(20)25(24(29)31)19(15-26)22(27)32-23-21(25)16(2)28-30(23)17-10-6-5-7-11-17/h5-13H,3-4,14,27H2,1-2H3. The fourth-order valence-electron chi connectivity index (χ4n) is 4.85. The monoisotopic (exact) mass is 425 g/mol. The van der Waals surface area contributed by atoms with Gasteiger partial charge in [0.15, 0.2) is 0 Å². The third-order valence-corrected chi connectivity index (χ3v) is 6.23. The molecule has 0 fully saturated rings. The van der Waals surface area contributed by atoms with Crippen LogP contribution in [0.25, 0.3) is 5.69 Å². The summed E-state index contributed by atoms with van der Waals surface area (Å²) < 4.78 is 7.62. The van der Waals surface area contributed by atoms with E-state index in [0.29, 0.717) is 23.7 Å². The Morgan fingerprint density at radius 3 is 2.59 bits per heavy atom. The zero-order valence-electron chi connectivity index (χ0n) is 18.0. The lowest BCUT2D eigenvalue weighted by atomic mass is 9.69. The predicted molar refractivity (Wildman–Crippen MR) is 120 cm³/mol.